The summed E-state index contributed by atoms with van der Waals surface area (Å²) in [5.41, 5.74) is -2.33. The molecule has 25 heavy (non-hydrogen) atoms. The zero-order valence-electron chi connectivity index (χ0n) is 13.7. The molecule has 1 aliphatic rings. The number of aromatic nitrogens is 2. The fourth-order valence-corrected chi connectivity index (χ4v) is 2.92. The lowest BCUT2D eigenvalue weighted by molar-refractivity contribution is -0.130. The molecule has 128 valence electrons. The minimum atomic E-state index is -2.06. The topological polar surface area (TPSA) is 95.4 Å². The van der Waals surface area contributed by atoms with E-state index in [9.17, 15) is 19.5 Å². The Morgan fingerprint density at radius 2 is 1.96 bits per heavy atom. The van der Waals surface area contributed by atoms with Crippen molar-refractivity contribution in [1.82, 2.24) is 9.55 Å². The Labute approximate surface area is 142 Å². The first-order chi connectivity index (χ1) is 11.8. The van der Waals surface area contributed by atoms with Gasteiger partial charge in [-0.25, -0.2) is 0 Å². The summed E-state index contributed by atoms with van der Waals surface area (Å²) in [5, 5.41) is 10.9. The maximum absolute atomic E-state index is 12.8. The van der Waals surface area contributed by atoms with E-state index in [2.05, 4.69) is 18.1 Å². The number of aliphatic hydroxyl groups is 1. The van der Waals surface area contributed by atoms with Gasteiger partial charge in [0.05, 0.1) is 5.69 Å². The molecule has 1 unspecified atom stereocenters. The van der Waals surface area contributed by atoms with Crippen molar-refractivity contribution in [1.29, 1.82) is 0 Å². The summed E-state index contributed by atoms with van der Waals surface area (Å²) >= 11 is 0. The Morgan fingerprint density at radius 3 is 2.64 bits per heavy atom. The summed E-state index contributed by atoms with van der Waals surface area (Å²) in [7, 11) is 1.40. The molecule has 0 aliphatic carbocycles. The number of carbonyl (C=O) groups is 1. The highest BCUT2D eigenvalue weighted by atomic mass is 16.3. The van der Waals surface area contributed by atoms with Crippen LogP contribution in [-0.2, 0) is 17.4 Å². The van der Waals surface area contributed by atoms with Crippen molar-refractivity contribution < 1.29 is 9.90 Å². The zero-order valence-corrected chi connectivity index (χ0v) is 13.7. The van der Waals surface area contributed by atoms with Crippen LogP contribution in [0.5, 0.6) is 0 Å². The van der Waals surface area contributed by atoms with E-state index in [1.54, 1.807) is 30.3 Å². The number of nitrogens with one attached hydrogen (secondary N) is 1. The first kappa shape index (κ1) is 16.7. The smallest absolute Gasteiger partial charge is 0.274 e. The van der Waals surface area contributed by atoms with Gasteiger partial charge in [0.2, 0.25) is 0 Å². The van der Waals surface area contributed by atoms with Crippen molar-refractivity contribution in [3.63, 3.8) is 0 Å². The summed E-state index contributed by atoms with van der Waals surface area (Å²) in [4.78, 5) is 40.8. The Hall–Kier alpha value is -3.19. The van der Waals surface area contributed by atoms with Crippen LogP contribution < -0.4 is 26.7 Å². The van der Waals surface area contributed by atoms with Crippen molar-refractivity contribution in [3.8, 4) is 0 Å². The molecule has 1 atom stereocenters. The summed E-state index contributed by atoms with van der Waals surface area (Å²) in [6, 6.07) is 6.72. The van der Waals surface area contributed by atoms with Gasteiger partial charge in [-0.3, -0.25) is 14.4 Å². The van der Waals surface area contributed by atoms with E-state index in [0.717, 1.165) is 10.6 Å². The third-order valence-corrected chi connectivity index (χ3v) is 4.29. The van der Waals surface area contributed by atoms with Gasteiger partial charge >= 0.3 is 0 Å². The molecule has 1 amide bonds. The van der Waals surface area contributed by atoms with Gasteiger partial charge in [0.1, 0.15) is 10.7 Å². The fourth-order valence-electron chi connectivity index (χ4n) is 2.92. The third-order valence-electron chi connectivity index (χ3n) is 4.29. The molecule has 2 aromatic rings. The Balaban J connectivity index is 2.33. The predicted octanol–water partition coefficient (Wildman–Crippen LogP) is -1.32. The molecule has 1 aromatic carbocycles. The van der Waals surface area contributed by atoms with Crippen LogP contribution in [0.4, 0.5) is 5.69 Å². The van der Waals surface area contributed by atoms with Crippen LogP contribution in [0, 0.1) is 0 Å². The number of benzene rings is 1. The molecule has 7 nitrogen and oxygen atoms in total. The molecule has 2 heterocycles. The molecule has 0 fully saturated rings. The summed E-state index contributed by atoms with van der Waals surface area (Å²) in [6.45, 7) is 7.34. The highest BCUT2D eigenvalue weighted by Gasteiger charge is 2.47. The SMILES string of the molecule is C=CCN1C(=O)C(O)(/C=c2/[nH]c(=O)c(=C)n(C)c2=O)c2ccccc21. The fraction of sp³-hybridized carbons (Fsp3) is 0.167. The molecular formula is C18H17N3O4. The van der Waals surface area contributed by atoms with Crippen LogP contribution in [0.25, 0.3) is 12.7 Å². The van der Waals surface area contributed by atoms with E-state index in [1.807, 2.05) is 0 Å². The van der Waals surface area contributed by atoms with E-state index in [-0.39, 0.29) is 17.2 Å². The molecule has 2 N–H and O–H groups in total. The second-order valence-electron chi connectivity index (χ2n) is 5.81. The van der Waals surface area contributed by atoms with Gasteiger partial charge in [-0.15, -0.1) is 6.58 Å². The zero-order chi connectivity index (χ0) is 18.4. The standard InChI is InChI=1S/C18H17N3O4/c1-4-9-21-14-8-6-5-7-12(14)18(25,17(21)24)10-13-16(23)20(3)11(2)15(22)19-13/h4-8,10,25H,1-2,9H2,3H3,(H,19,22)/b13-10+. The van der Waals surface area contributed by atoms with E-state index in [1.165, 1.54) is 11.9 Å². The first-order valence-electron chi connectivity index (χ1n) is 7.57. The van der Waals surface area contributed by atoms with Crippen LogP contribution in [-0.4, -0.2) is 27.1 Å². The first-order valence-corrected chi connectivity index (χ1v) is 7.57. The predicted molar refractivity (Wildman–Crippen MR) is 94.4 cm³/mol. The van der Waals surface area contributed by atoms with Gasteiger partial charge in [-0.1, -0.05) is 30.9 Å². The number of carbonyl (C=O) groups excluding carboxylic acids is 1. The molecule has 0 bridgehead atoms. The van der Waals surface area contributed by atoms with Crippen molar-refractivity contribution in [2.45, 2.75) is 5.60 Å². The Kier molecular flexibility index (Phi) is 3.81. The highest BCUT2D eigenvalue weighted by molar-refractivity contribution is 6.10. The summed E-state index contributed by atoms with van der Waals surface area (Å²) in [6.07, 6.45) is 2.62. The van der Waals surface area contributed by atoms with Gasteiger partial charge in [0, 0.05) is 19.2 Å². The van der Waals surface area contributed by atoms with Crippen molar-refractivity contribution in [3.05, 3.63) is 73.9 Å². The number of H-pyrrole nitrogens is 1. The van der Waals surface area contributed by atoms with Gasteiger partial charge in [-0.05, 0) is 12.1 Å². The van der Waals surface area contributed by atoms with Crippen molar-refractivity contribution in [2.75, 3.05) is 11.4 Å². The molecule has 0 saturated heterocycles. The van der Waals surface area contributed by atoms with Crippen molar-refractivity contribution >= 4 is 24.2 Å². The number of rotatable bonds is 3. The molecule has 0 saturated carbocycles. The van der Waals surface area contributed by atoms with Gasteiger partial charge < -0.3 is 19.6 Å². The average Bonchev–Trinajstić information content (AvgIpc) is 2.81. The quantitative estimate of drug-likeness (QED) is 0.679. The van der Waals surface area contributed by atoms with Gasteiger partial charge in [-0.2, -0.15) is 0 Å². The number of hydrogen-bond acceptors (Lipinski definition) is 4. The van der Waals surface area contributed by atoms with Crippen LogP contribution in [0.3, 0.4) is 0 Å². The number of anilines is 1. The maximum Gasteiger partial charge on any atom is 0.274 e. The van der Waals surface area contributed by atoms with Gasteiger partial charge in [0.15, 0.2) is 5.60 Å². The number of aromatic amines is 1. The van der Waals surface area contributed by atoms with E-state index >= 15 is 0 Å². The number of amides is 1. The number of nitrogens with zero attached hydrogens (tertiary/aromatic N) is 2. The largest absolute Gasteiger partial charge is 0.372 e. The monoisotopic (exact) mass is 339 g/mol. The molecule has 1 aliphatic heterocycles. The number of para-hydroxylation sites is 1. The third kappa shape index (κ3) is 2.36. The van der Waals surface area contributed by atoms with E-state index < -0.39 is 22.6 Å². The van der Waals surface area contributed by atoms with Crippen LogP contribution in [0.15, 0.2) is 46.5 Å². The Bertz CT molecular complexity index is 1110. The normalized spacial score (nSPS) is 20.0. The number of fused-ring (bicyclic) bond motifs is 1. The second-order valence-corrected chi connectivity index (χ2v) is 5.81. The summed E-state index contributed by atoms with van der Waals surface area (Å²) < 4.78 is 1.07. The molecule has 0 radical (unpaired) electrons. The molecule has 0 spiro atoms. The van der Waals surface area contributed by atoms with E-state index in [4.69, 9.17) is 0 Å². The lowest BCUT2D eigenvalue weighted by Gasteiger charge is -2.19. The Morgan fingerprint density at radius 1 is 1.28 bits per heavy atom. The van der Waals surface area contributed by atoms with Crippen LogP contribution in [0.1, 0.15) is 5.56 Å². The lowest BCUT2D eigenvalue weighted by atomic mass is 9.95. The minimum Gasteiger partial charge on any atom is -0.372 e. The lowest BCUT2D eigenvalue weighted by Crippen LogP contribution is -2.53. The highest BCUT2D eigenvalue weighted by Crippen LogP contribution is 2.40. The molecular weight excluding hydrogens is 322 g/mol. The van der Waals surface area contributed by atoms with Crippen LogP contribution >= 0.6 is 0 Å². The van der Waals surface area contributed by atoms with Crippen molar-refractivity contribution in [2.24, 2.45) is 7.05 Å². The molecule has 3 rings (SSSR count). The van der Waals surface area contributed by atoms with Crippen LogP contribution in [0.2, 0.25) is 0 Å². The molecule has 7 heteroatoms. The van der Waals surface area contributed by atoms with Gasteiger partial charge in [0.25, 0.3) is 17.0 Å². The summed E-state index contributed by atoms with van der Waals surface area (Å²) in [5.74, 6) is -0.616. The van der Waals surface area contributed by atoms with E-state index in [0.29, 0.717) is 11.3 Å². The maximum atomic E-state index is 12.8. The number of hydrogen-bond donors (Lipinski definition) is 2. The molecule has 1 aromatic heterocycles. The average molecular weight is 339 g/mol. The minimum absolute atomic E-state index is 0.0134. The second kappa shape index (κ2) is 5.71.